The van der Waals surface area contributed by atoms with Crippen LogP contribution in [0.4, 0.5) is 14.9 Å². The fourth-order valence-electron chi connectivity index (χ4n) is 3.02. The number of benzene rings is 2. The monoisotopic (exact) mass is 431 g/mol. The average Bonchev–Trinajstić information content (AvgIpc) is 3.26. The van der Waals surface area contributed by atoms with Crippen LogP contribution in [0.2, 0.25) is 0 Å². The first-order chi connectivity index (χ1) is 13.0. The second kappa shape index (κ2) is 7.03. The van der Waals surface area contributed by atoms with Crippen molar-refractivity contribution in [3.8, 4) is 0 Å². The van der Waals surface area contributed by atoms with Crippen LogP contribution in [0.1, 0.15) is 16.1 Å². The van der Waals surface area contributed by atoms with Crippen LogP contribution in [-0.4, -0.2) is 30.1 Å². The Kier molecular flexibility index (Phi) is 4.57. The fourth-order valence-corrected chi connectivity index (χ4v) is 3.45. The number of halogens is 2. The maximum Gasteiger partial charge on any atom is 0.414 e. The van der Waals surface area contributed by atoms with Gasteiger partial charge < -0.3 is 15.0 Å². The molecule has 0 aliphatic carbocycles. The topological polar surface area (TPSA) is 74.4 Å². The highest BCUT2D eigenvalue weighted by Crippen LogP contribution is 2.24. The number of hydrogen-bond donors (Lipinski definition) is 2. The van der Waals surface area contributed by atoms with Gasteiger partial charge in [-0.15, -0.1) is 0 Å². The molecule has 2 aromatic carbocycles. The summed E-state index contributed by atoms with van der Waals surface area (Å²) in [6, 6.07) is 11.9. The Labute approximate surface area is 162 Å². The van der Waals surface area contributed by atoms with Crippen molar-refractivity contribution in [3.63, 3.8) is 0 Å². The molecule has 2 amide bonds. The van der Waals surface area contributed by atoms with Crippen molar-refractivity contribution >= 4 is 44.5 Å². The molecular formula is C19H15BrFN3O3. The molecule has 0 saturated carbocycles. The van der Waals surface area contributed by atoms with E-state index < -0.39 is 5.82 Å². The molecule has 0 unspecified atom stereocenters. The van der Waals surface area contributed by atoms with Crippen molar-refractivity contribution < 1.29 is 18.7 Å². The molecule has 1 fully saturated rings. The van der Waals surface area contributed by atoms with Crippen LogP contribution >= 0.6 is 15.9 Å². The summed E-state index contributed by atoms with van der Waals surface area (Å²) in [6.45, 7) is 1.15. The SMILES string of the molecule is O=C(NCc1cccc(N2CCOC2=O)c1)c1cc2c(F)cc(Br)cc2[nH]1. The summed E-state index contributed by atoms with van der Waals surface area (Å²) in [5.41, 5.74) is 2.38. The molecule has 138 valence electrons. The molecule has 0 radical (unpaired) electrons. The molecule has 1 saturated heterocycles. The molecule has 1 aliphatic rings. The van der Waals surface area contributed by atoms with E-state index in [0.717, 1.165) is 11.3 Å². The van der Waals surface area contributed by atoms with E-state index in [0.29, 0.717) is 28.5 Å². The second-order valence-electron chi connectivity index (χ2n) is 6.15. The number of anilines is 1. The van der Waals surface area contributed by atoms with E-state index in [1.165, 1.54) is 12.1 Å². The summed E-state index contributed by atoms with van der Waals surface area (Å²) in [5, 5.41) is 3.16. The molecule has 0 bridgehead atoms. The zero-order valence-electron chi connectivity index (χ0n) is 14.1. The summed E-state index contributed by atoms with van der Waals surface area (Å²) < 4.78 is 19.5. The largest absolute Gasteiger partial charge is 0.447 e. The van der Waals surface area contributed by atoms with Crippen LogP contribution in [-0.2, 0) is 11.3 Å². The van der Waals surface area contributed by atoms with Gasteiger partial charge in [0.1, 0.15) is 18.1 Å². The highest BCUT2D eigenvalue weighted by molar-refractivity contribution is 9.10. The molecule has 0 atom stereocenters. The lowest BCUT2D eigenvalue weighted by molar-refractivity contribution is 0.0946. The molecule has 1 aromatic heterocycles. The number of hydrogen-bond acceptors (Lipinski definition) is 3. The minimum atomic E-state index is -0.403. The molecule has 2 heterocycles. The molecule has 1 aliphatic heterocycles. The first-order valence-corrected chi connectivity index (χ1v) is 9.10. The van der Waals surface area contributed by atoms with Crippen molar-refractivity contribution in [2.45, 2.75) is 6.54 Å². The number of aromatic nitrogens is 1. The normalized spacial score (nSPS) is 13.9. The first kappa shape index (κ1) is 17.5. The summed E-state index contributed by atoms with van der Waals surface area (Å²) in [4.78, 5) is 28.6. The highest BCUT2D eigenvalue weighted by Gasteiger charge is 2.23. The van der Waals surface area contributed by atoms with Crippen LogP contribution in [0, 0.1) is 5.82 Å². The number of amides is 2. The van der Waals surface area contributed by atoms with Crippen LogP contribution in [0.25, 0.3) is 10.9 Å². The third-order valence-corrected chi connectivity index (χ3v) is 4.79. The van der Waals surface area contributed by atoms with Gasteiger partial charge in [0, 0.05) is 22.1 Å². The van der Waals surface area contributed by atoms with Gasteiger partial charge >= 0.3 is 6.09 Å². The zero-order valence-corrected chi connectivity index (χ0v) is 15.7. The van der Waals surface area contributed by atoms with Crippen LogP contribution in [0.3, 0.4) is 0 Å². The number of H-pyrrole nitrogens is 1. The lowest BCUT2D eigenvalue weighted by Gasteiger charge is -2.14. The van der Waals surface area contributed by atoms with Gasteiger partial charge in [0.05, 0.1) is 12.1 Å². The van der Waals surface area contributed by atoms with Crippen molar-refractivity contribution in [2.24, 2.45) is 0 Å². The van der Waals surface area contributed by atoms with Gasteiger partial charge in [0.2, 0.25) is 0 Å². The van der Waals surface area contributed by atoms with E-state index >= 15 is 0 Å². The Morgan fingerprint density at radius 3 is 2.93 bits per heavy atom. The van der Waals surface area contributed by atoms with Crippen LogP contribution in [0.15, 0.2) is 46.9 Å². The average molecular weight is 432 g/mol. The number of nitrogens with zero attached hydrogens (tertiary/aromatic N) is 1. The molecule has 4 rings (SSSR count). The molecule has 0 spiro atoms. The smallest absolute Gasteiger partial charge is 0.414 e. The number of carbonyl (C=O) groups excluding carboxylic acids is 2. The van der Waals surface area contributed by atoms with E-state index in [9.17, 15) is 14.0 Å². The lowest BCUT2D eigenvalue weighted by Crippen LogP contribution is -2.25. The molecule has 6 nitrogen and oxygen atoms in total. The maximum absolute atomic E-state index is 14.0. The minimum Gasteiger partial charge on any atom is -0.447 e. The van der Waals surface area contributed by atoms with Crippen molar-refractivity contribution in [1.82, 2.24) is 10.3 Å². The van der Waals surface area contributed by atoms with E-state index in [-0.39, 0.29) is 24.2 Å². The number of ether oxygens (including phenoxy) is 1. The Bertz CT molecular complexity index is 1050. The van der Waals surface area contributed by atoms with E-state index in [1.807, 2.05) is 24.3 Å². The number of fused-ring (bicyclic) bond motifs is 1. The van der Waals surface area contributed by atoms with Crippen molar-refractivity contribution in [1.29, 1.82) is 0 Å². The molecule has 8 heteroatoms. The first-order valence-electron chi connectivity index (χ1n) is 8.30. The number of cyclic esters (lactones) is 1. The van der Waals surface area contributed by atoms with E-state index in [4.69, 9.17) is 4.74 Å². The Morgan fingerprint density at radius 2 is 2.15 bits per heavy atom. The standard InChI is InChI=1S/C19H15BrFN3O3/c20-12-7-15(21)14-9-17(23-16(14)8-12)18(25)22-10-11-2-1-3-13(6-11)24-4-5-27-19(24)26/h1-3,6-9,23H,4-5,10H2,(H,22,25). The summed E-state index contributed by atoms with van der Waals surface area (Å²) in [5.74, 6) is -0.743. The van der Waals surface area contributed by atoms with Gasteiger partial charge in [-0.3, -0.25) is 9.69 Å². The Morgan fingerprint density at radius 1 is 1.30 bits per heavy atom. The predicted octanol–water partition coefficient (Wildman–Crippen LogP) is 3.96. The van der Waals surface area contributed by atoms with Gasteiger partial charge in [-0.25, -0.2) is 9.18 Å². The second-order valence-corrected chi connectivity index (χ2v) is 7.07. The summed E-state index contributed by atoms with van der Waals surface area (Å²) >= 11 is 3.23. The predicted molar refractivity (Wildman–Crippen MR) is 102 cm³/mol. The van der Waals surface area contributed by atoms with Gasteiger partial charge in [-0.1, -0.05) is 28.1 Å². The van der Waals surface area contributed by atoms with Gasteiger partial charge in [0.25, 0.3) is 5.91 Å². The van der Waals surface area contributed by atoms with Gasteiger partial charge in [-0.05, 0) is 35.9 Å². The zero-order chi connectivity index (χ0) is 19.0. The van der Waals surface area contributed by atoms with Crippen molar-refractivity contribution in [3.05, 3.63) is 64.0 Å². The molecule has 2 N–H and O–H groups in total. The summed E-state index contributed by atoms with van der Waals surface area (Å²) in [7, 11) is 0. The van der Waals surface area contributed by atoms with Crippen LogP contribution < -0.4 is 10.2 Å². The number of carbonyl (C=O) groups is 2. The third kappa shape index (κ3) is 3.52. The number of aromatic amines is 1. The van der Waals surface area contributed by atoms with E-state index in [1.54, 1.807) is 11.0 Å². The van der Waals surface area contributed by atoms with Crippen LogP contribution in [0.5, 0.6) is 0 Å². The lowest BCUT2D eigenvalue weighted by atomic mass is 10.2. The quantitative estimate of drug-likeness (QED) is 0.656. The maximum atomic E-state index is 14.0. The van der Waals surface area contributed by atoms with Gasteiger partial charge in [-0.2, -0.15) is 0 Å². The Balaban J connectivity index is 1.48. The third-order valence-electron chi connectivity index (χ3n) is 4.33. The number of rotatable bonds is 4. The van der Waals surface area contributed by atoms with Gasteiger partial charge in [0.15, 0.2) is 0 Å². The Hall–Kier alpha value is -2.87. The molecule has 3 aromatic rings. The molecular weight excluding hydrogens is 417 g/mol. The highest BCUT2D eigenvalue weighted by atomic mass is 79.9. The minimum absolute atomic E-state index is 0.275. The number of nitrogens with one attached hydrogen (secondary N) is 2. The van der Waals surface area contributed by atoms with Crippen molar-refractivity contribution in [2.75, 3.05) is 18.1 Å². The summed E-state index contributed by atoms with van der Waals surface area (Å²) in [6.07, 6.45) is -0.373. The fraction of sp³-hybridized carbons (Fsp3) is 0.158. The molecule has 27 heavy (non-hydrogen) atoms. The van der Waals surface area contributed by atoms with E-state index in [2.05, 4.69) is 26.2 Å².